The summed E-state index contributed by atoms with van der Waals surface area (Å²) in [4.78, 5) is 4.39. The first kappa shape index (κ1) is 11.3. The number of nitrogens with zero attached hydrogens (tertiary/aromatic N) is 2. The van der Waals surface area contributed by atoms with Crippen LogP contribution in [-0.2, 0) is 6.54 Å². The number of aromatic nitrogens is 2. The van der Waals surface area contributed by atoms with E-state index in [1.54, 1.807) is 6.20 Å². The van der Waals surface area contributed by atoms with Crippen molar-refractivity contribution in [2.24, 2.45) is 0 Å². The van der Waals surface area contributed by atoms with Crippen LogP contribution in [0.2, 0.25) is 5.02 Å². The summed E-state index contributed by atoms with van der Waals surface area (Å²) >= 11 is 6.14. The lowest BCUT2D eigenvalue weighted by Crippen LogP contribution is -1.98. The molecule has 0 spiro atoms. The Hall–Kier alpha value is -1.80. The Morgan fingerprint density at radius 3 is 2.67 bits per heavy atom. The molecule has 2 heterocycles. The van der Waals surface area contributed by atoms with E-state index in [-0.39, 0.29) is 0 Å². The molecule has 18 heavy (non-hydrogen) atoms. The van der Waals surface area contributed by atoms with Gasteiger partial charge < -0.3 is 4.57 Å². The van der Waals surface area contributed by atoms with E-state index in [1.165, 1.54) is 11.1 Å². The third-order valence-corrected chi connectivity index (χ3v) is 3.41. The summed E-state index contributed by atoms with van der Waals surface area (Å²) in [5, 5.41) is 1.76. The van der Waals surface area contributed by atoms with Gasteiger partial charge in [0.15, 0.2) is 0 Å². The molecule has 0 radical (unpaired) electrons. The van der Waals surface area contributed by atoms with Crippen molar-refractivity contribution in [3.63, 3.8) is 0 Å². The van der Waals surface area contributed by atoms with Gasteiger partial charge in [-0.1, -0.05) is 41.4 Å². The molecule has 2 nitrogen and oxygen atoms in total. The fraction of sp³-hybridized carbons (Fsp3) is 0.133. The van der Waals surface area contributed by atoms with E-state index in [0.717, 1.165) is 22.6 Å². The Morgan fingerprint density at radius 2 is 1.89 bits per heavy atom. The van der Waals surface area contributed by atoms with Gasteiger partial charge in [-0.05, 0) is 24.6 Å². The van der Waals surface area contributed by atoms with Crippen molar-refractivity contribution < 1.29 is 0 Å². The lowest BCUT2D eigenvalue weighted by molar-refractivity contribution is 0.825. The van der Waals surface area contributed by atoms with Gasteiger partial charge in [0, 0.05) is 24.3 Å². The van der Waals surface area contributed by atoms with Gasteiger partial charge in [-0.15, -0.1) is 0 Å². The highest BCUT2D eigenvalue weighted by molar-refractivity contribution is 6.35. The minimum atomic E-state index is 0.752. The average Bonchev–Trinajstić information content (AvgIpc) is 2.77. The molecule has 0 fully saturated rings. The van der Waals surface area contributed by atoms with Crippen LogP contribution in [0.1, 0.15) is 11.1 Å². The molecule has 2 aromatic heterocycles. The van der Waals surface area contributed by atoms with Crippen LogP contribution in [0.5, 0.6) is 0 Å². The van der Waals surface area contributed by atoms with Crippen LogP contribution < -0.4 is 0 Å². The first-order chi connectivity index (χ1) is 8.74. The van der Waals surface area contributed by atoms with Crippen LogP contribution in [0, 0.1) is 6.92 Å². The van der Waals surface area contributed by atoms with Crippen molar-refractivity contribution in [1.29, 1.82) is 0 Å². The number of benzene rings is 1. The van der Waals surface area contributed by atoms with Gasteiger partial charge in [-0.25, -0.2) is 4.98 Å². The van der Waals surface area contributed by atoms with Crippen molar-refractivity contribution in [2.45, 2.75) is 13.5 Å². The van der Waals surface area contributed by atoms with Crippen LogP contribution in [0.4, 0.5) is 0 Å². The lowest BCUT2D eigenvalue weighted by Gasteiger charge is -2.05. The molecule has 0 aliphatic carbocycles. The van der Waals surface area contributed by atoms with E-state index in [4.69, 9.17) is 11.6 Å². The second-order valence-corrected chi connectivity index (χ2v) is 4.87. The zero-order chi connectivity index (χ0) is 12.5. The summed E-state index contributed by atoms with van der Waals surface area (Å²) in [7, 11) is 0. The molecule has 0 N–H and O–H groups in total. The van der Waals surface area contributed by atoms with Crippen molar-refractivity contribution in [2.75, 3.05) is 0 Å². The zero-order valence-corrected chi connectivity index (χ0v) is 10.9. The van der Waals surface area contributed by atoms with Crippen LogP contribution in [0.15, 0.2) is 48.8 Å². The van der Waals surface area contributed by atoms with Crippen molar-refractivity contribution in [3.05, 3.63) is 64.9 Å². The topological polar surface area (TPSA) is 17.8 Å². The minimum absolute atomic E-state index is 0.752. The van der Waals surface area contributed by atoms with Gasteiger partial charge in [-0.3, -0.25) is 0 Å². The molecule has 0 saturated heterocycles. The van der Waals surface area contributed by atoms with E-state index in [9.17, 15) is 0 Å². The van der Waals surface area contributed by atoms with Gasteiger partial charge in [0.2, 0.25) is 0 Å². The maximum Gasteiger partial charge on any atom is 0.141 e. The predicted octanol–water partition coefficient (Wildman–Crippen LogP) is 4.05. The molecule has 3 aromatic rings. The lowest BCUT2D eigenvalue weighted by atomic mass is 10.1. The number of fused-ring (bicyclic) bond motifs is 1. The summed E-state index contributed by atoms with van der Waals surface area (Å²) in [6.07, 6.45) is 3.78. The third kappa shape index (κ3) is 2.00. The summed E-state index contributed by atoms with van der Waals surface area (Å²) in [6, 6.07) is 12.4. The quantitative estimate of drug-likeness (QED) is 0.676. The highest BCUT2D eigenvalue weighted by Crippen LogP contribution is 2.22. The number of aryl methyl sites for hydroxylation is 1. The molecule has 1 aromatic carbocycles. The zero-order valence-electron chi connectivity index (χ0n) is 10.1. The monoisotopic (exact) mass is 256 g/mol. The average molecular weight is 257 g/mol. The molecule has 0 aliphatic heterocycles. The van der Waals surface area contributed by atoms with Crippen LogP contribution in [0.3, 0.4) is 0 Å². The molecule has 0 bridgehead atoms. The molecular weight excluding hydrogens is 244 g/mol. The second kappa shape index (κ2) is 4.46. The number of pyridine rings is 1. The highest BCUT2D eigenvalue weighted by Gasteiger charge is 2.05. The second-order valence-electron chi connectivity index (χ2n) is 4.46. The van der Waals surface area contributed by atoms with Gasteiger partial charge in [-0.2, -0.15) is 0 Å². The molecule has 0 aliphatic rings. The van der Waals surface area contributed by atoms with Crippen LogP contribution >= 0.6 is 11.6 Å². The number of rotatable bonds is 2. The van der Waals surface area contributed by atoms with Gasteiger partial charge in [0.25, 0.3) is 0 Å². The number of hydrogen-bond donors (Lipinski definition) is 0. The van der Waals surface area contributed by atoms with E-state index >= 15 is 0 Å². The first-order valence-electron chi connectivity index (χ1n) is 5.89. The largest absolute Gasteiger partial charge is 0.328 e. The molecule has 0 amide bonds. The maximum absolute atomic E-state index is 6.14. The fourth-order valence-corrected chi connectivity index (χ4v) is 2.28. The van der Waals surface area contributed by atoms with Crippen molar-refractivity contribution in [1.82, 2.24) is 9.55 Å². The summed E-state index contributed by atoms with van der Waals surface area (Å²) in [5.74, 6) is 0. The fourth-order valence-electron chi connectivity index (χ4n) is 2.08. The minimum Gasteiger partial charge on any atom is -0.328 e. The number of halogens is 1. The van der Waals surface area contributed by atoms with E-state index in [1.807, 2.05) is 18.3 Å². The van der Waals surface area contributed by atoms with Crippen LogP contribution in [-0.4, -0.2) is 9.55 Å². The standard InChI is InChI=1S/C15H13ClN2/c1-11-2-4-12(5-3-11)10-18-9-7-13-14(16)6-8-17-15(13)18/h2-9H,10H2,1H3. The van der Waals surface area contributed by atoms with Gasteiger partial charge in [0.05, 0.1) is 5.02 Å². The van der Waals surface area contributed by atoms with Crippen LogP contribution in [0.25, 0.3) is 11.0 Å². The Balaban J connectivity index is 2.00. The Bertz CT molecular complexity index is 683. The Labute approximate surface area is 111 Å². The van der Waals surface area contributed by atoms with Gasteiger partial charge >= 0.3 is 0 Å². The van der Waals surface area contributed by atoms with Crippen molar-refractivity contribution in [3.8, 4) is 0 Å². The van der Waals surface area contributed by atoms with E-state index < -0.39 is 0 Å². The molecular formula is C15H13ClN2. The summed E-state index contributed by atoms with van der Waals surface area (Å²) in [6.45, 7) is 2.91. The van der Waals surface area contributed by atoms with E-state index in [0.29, 0.717) is 0 Å². The molecule has 0 unspecified atom stereocenters. The third-order valence-electron chi connectivity index (χ3n) is 3.08. The maximum atomic E-state index is 6.14. The molecule has 3 rings (SSSR count). The summed E-state index contributed by atoms with van der Waals surface area (Å²) < 4.78 is 2.12. The predicted molar refractivity (Wildman–Crippen MR) is 75.0 cm³/mol. The van der Waals surface area contributed by atoms with E-state index in [2.05, 4.69) is 40.7 Å². The van der Waals surface area contributed by atoms with Crippen molar-refractivity contribution >= 4 is 22.6 Å². The molecule has 0 saturated carbocycles. The van der Waals surface area contributed by atoms with Gasteiger partial charge in [0.1, 0.15) is 5.65 Å². The summed E-state index contributed by atoms with van der Waals surface area (Å²) in [5.41, 5.74) is 3.47. The molecule has 0 atom stereocenters. The number of hydrogen-bond acceptors (Lipinski definition) is 1. The smallest absolute Gasteiger partial charge is 0.141 e. The molecule has 90 valence electrons. The SMILES string of the molecule is Cc1ccc(Cn2ccc3c(Cl)ccnc32)cc1. The molecule has 3 heteroatoms. The first-order valence-corrected chi connectivity index (χ1v) is 6.27. The normalized spacial score (nSPS) is 11.0. The Kier molecular flexibility index (Phi) is 2.80. The highest BCUT2D eigenvalue weighted by atomic mass is 35.5. The Morgan fingerprint density at radius 1 is 1.11 bits per heavy atom.